The fourth-order valence-corrected chi connectivity index (χ4v) is 2.78. The van der Waals surface area contributed by atoms with Crippen molar-refractivity contribution < 1.29 is 9.53 Å². The minimum Gasteiger partial charge on any atom is -0.497 e. The lowest BCUT2D eigenvalue weighted by Gasteiger charge is -2.22. The van der Waals surface area contributed by atoms with Crippen LogP contribution in [-0.2, 0) is 13.1 Å². The number of carbonyl (C=O) groups is 1. The topological polar surface area (TPSA) is 78.0 Å². The Morgan fingerprint density at radius 1 is 1.07 bits per heavy atom. The molecule has 2 rings (SSSR count). The number of anilines is 1. The van der Waals surface area contributed by atoms with Crippen molar-refractivity contribution in [1.29, 1.82) is 0 Å². The number of guanidine groups is 1. The molecule has 7 nitrogen and oxygen atoms in total. The molecule has 0 aliphatic heterocycles. The van der Waals surface area contributed by atoms with Gasteiger partial charge in [-0.15, -0.1) is 0 Å². The average Bonchev–Trinajstić information content (AvgIpc) is 2.69. The molecule has 0 aromatic heterocycles. The number of amides is 2. The molecular formula is C22H31N5O2. The van der Waals surface area contributed by atoms with Gasteiger partial charge in [-0.3, -0.25) is 4.99 Å². The number of urea groups is 1. The number of carbonyl (C=O) groups excluding carboxylic acids is 1. The molecule has 0 atom stereocenters. The molecule has 0 bridgehead atoms. The first-order chi connectivity index (χ1) is 13.9. The molecule has 2 aromatic rings. The summed E-state index contributed by atoms with van der Waals surface area (Å²) in [4.78, 5) is 18.2. The monoisotopic (exact) mass is 397 g/mol. The maximum atomic E-state index is 11.8. The van der Waals surface area contributed by atoms with Gasteiger partial charge in [0.25, 0.3) is 0 Å². The lowest BCUT2D eigenvalue weighted by atomic mass is 10.2. The first-order valence-corrected chi connectivity index (χ1v) is 9.62. The Morgan fingerprint density at radius 3 is 2.24 bits per heavy atom. The molecule has 2 aromatic carbocycles. The number of benzene rings is 2. The van der Waals surface area contributed by atoms with Crippen molar-refractivity contribution in [1.82, 2.24) is 15.5 Å². The number of ether oxygens (including phenoxy) is 1. The summed E-state index contributed by atoms with van der Waals surface area (Å²) in [6, 6.07) is 15.6. The van der Waals surface area contributed by atoms with E-state index in [0.29, 0.717) is 6.54 Å². The van der Waals surface area contributed by atoms with Crippen molar-refractivity contribution >= 4 is 17.7 Å². The van der Waals surface area contributed by atoms with E-state index in [9.17, 15) is 4.79 Å². The Morgan fingerprint density at radius 2 is 1.69 bits per heavy atom. The van der Waals surface area contributed by atoms with Crippen molar-refractivity contribution in [3.8, 4) is 5.75 Å². The highest BCUT2D eigenvalue weighted by atomic mass is 16.5. The van der Waals surface area contributed by atoms with Crippen molar-refractivity contribution in [2.75, 3.05) is 26.5 Å². The third-order valence-corrected chi connectivity index (χ3v) is 4.23. The second-order valence-electron chi connectivity index (χ2n) is 7.05. The Balaban J connectivity index is 1.86. The van der Waals surface area contributed by atoms with E-state index in [-0.39, 0.29) is 12.1 Å². The van der Waals surface area contributed by atoms with Crippen LogP contribution in [0.15, 0.2) is 53.5 Å². The predicted molar refractivity (Wildman–Crippen MR) is 118 cm³/mol. The van der Waals surface area contributed by atoms with Crippen LogP contribution in [0.2, 0.25) is 0 Å². The van der Waals surface area contributed by atoms with Crippen LogP contribution in [0.5, 0.6) is 5.75 Å². The van der Waals surface area contributed by atoms with Crippen LogP contribution in [0.3, 0.4) is 0 Å². The smallest absolute Gasteiger partial charge is 0.319 e. The van der Waals surface area contributed by atoms with E-state index < -0.39 is 0 Å². The molecular weight excluding hydrogens is 366 g/mol. The normalized spacial score (nSPS) is 11.2. The van der Waals surface area contributed by atoms with Gasteiger partial charge in [-0.05, 0) is 49.2 Å². The number of methoxy groups -OCH3 is 1. The summed E-state index contributed by atoms with van der Waals surface area (Å²) in [7, 11) is 5.43. The van der Waals surface area contributed by atoms with Crippen LogP contribution < -0.4 is 20.7 Å². The van der Waals surface area contributed by atoms with Crippen molar-refractivity contribution in [3.63, 3.8) is 0 Å². The third-order valence-electron chi connectivity index (χ3n) is 4.23. The summed E-state index contributed by atoms with van der Waals surface area (Å²) in [6.07, 6.45) is 0. The molecule has 0 radical (unpaired) electrons. The number of rotatable bonds is 7. The quantitative estimate of drug-likeness (QED) is 0.494. The Labute approximate surface area is 173 Å². The first kappa shape index (κ1) is 22.1. The van der Waals surface area contributed by atoms with E-state index >= 15 is 0 Å². The van der Waals surface area contributed by atoms with Gasteiger partial charge in [0.1, 0.15) is 5.75 Å². The molecule has 0 aliphatic rings. The highest BCUT2D eigenvalue weighted by molar-refractivity contribution is 5.89. The number of aliphatic imine (C=N–C) groups is 1. The Bertz CT molecular complexity index is 801. The summed E-state index contributed by atoms with van der Waals surface area (Å²) in [5.41, 5.74) is 3.03. The molecule has 2 amide bonds. The zero-order valence-electron chi connectivity index (χ0n) is 17.8. The largest absolute Gasteiger partial charge is 0.497 e. The van der Waals surface area contributed by atoms with Gasteiger partial charge in [0, 0.05) is 38.9 Å². The SMILES string of the molecule is CN=C(NCc1ccc(NC(=O)NC(C)C)cc1)N(C)Cc1ccc(OC)cc1. The third kappa shape index (κ3) is 7.37. The molecule has 0 spiro atoms. The molecule has 0 saturated carbocycles. The van der Waals surface area contributed by atoms with E-state index in [1.165, 1.54) is 5.56 Å². The lowest BCUT2D eigenvalue weighted by molar-refractivity contribution is 0.250. The molecule has 0 unspecified atom stereocenters. The van der Waals surface area contributed by atoms with Gasteiger partial charge >= 0.3 is 6.03 Å². The van der Waals surface area contributed by atoms with E-state index in [1.807, 2.05) is 69.4 Å². The zero-order chi connectivity index (χ0) is 21.2. The highest BCUT2D eigenvalue weighted by Gasteiger charge is 2.08. The van der Waals surface area contributed by atoms with Crippen LogP contribution >= 0.6 is 0 Å². The molecule has 0 fully saturated rings. The maximum Gasteiger partial charge on any atom is 0.319 e. The van der Waals surface area contributed by atoms with Crippen LogP contribution in [-0.4, -0.2) is 44.1 Å². The second kappa shape index (κ2) is 10.9. The van der Waals surface area contributed by atoms with Crippen LogP contribution in [0, 0.1) is 0 Å². The molecule has 3 N–H and O–H groups in total. The molecule has 7 heteroatoms. The maximum absolute atomic E-state index is 11.8. The van der Waals surface area contributed by atoms with Gasteiger partial charge in [-0.2, -0.15) is 0 Å². The van der Waals surface area contributed by atoms with E-state index in [2.05, 4.69) is 25.8 Å². The van der Waals surface area contributed by atoms with Gasteiger partial charge in [-0.25, -0.2) is 4.79 Å². The molecule has 29 heavy (non-hydrogen) atoms. The minimum atomic E-state index is -0.202. The summed E-state index contributed by atoms with van der Waals surface area (Å²) in [5.74, 6) is 1.65. The van der Waals surface area contributed by atoms with Crippen LogP contribution in [0.1, 0.15) is 25.0 Å². The molecule has 0 heterocycles. The van der Waals surface area contributed by atoms with Gasteiger partial charge in [0.2, 0.25) is 0 Å². The average molecular weight is 398 g/mol. The van der Waals surface area contributed by atoms with Crippen LogP contribution in [0.4, 0.5) is 10.5 Å². The molecule has 0 aliphatic carbocycles. The summed E-state index contributed by atoms with van der Waals surface area (Å²) in [5, 5.41) is 8.99. The summed E-state index contributed by atoms with van der Waals surface area (Å²) in [6.45, 7) is 5.22. The van der Waals surface area contributed by atoms with Crippen molar-refractivity contribution in [2.45, 2.75) is 33.0 Å². The van der Waals surface area contributed by atoms with E-state index in [0.717, 1.165) is 29.5 Å². The van der Waals surface area contributed by atoms with Gasteiger partial charge in [0.15, 0.2) is 5.96 Å². The lowest BCUT2D eigenvalue weighted by Crippen LogP contribution is -2.38. The zero-order valence-corrected chi connectivity index (χ0v) is 17.8. The number of hydrogen-bond acceptors (Lipinski definition) is 3. The summed E-state index contributed by atoms with van der Waals surface area (Å²) < 4.78 is 5.20. The van der Waals surface area contributed by atoms with E-state index in [4.69, 9.17) is 4.74 Å². The predicted octanol–water partition coefficient (Wildman–Crippen LogP) is 3.43. The van der Waals surface area contributed by atoms with E-state index in [1.54, 1.807) is 14.2 Å². The fourth-order valence-electron chi connectivity index (χ4n) is 2.78. The minimum absolute atomic E-state index is 0.0973. The Hall–Kier alpha value is -3.22. The molecule has 156 valence electrons. The van der Waals surface area contributed by atoms with Crippen LogP contribution in [0.25, 0.3) is 0 Å². The highest BCUT2D eigenvalue weighted by Crippen LogP contribution is 2.13. The van der Waals surface area contributed by atoms with Crippen molar-refractivity contribution in [3.05, 3.63) is 59.7 Å². The number of hydrogen-bond donors (Lipinski definition) is 3. The first-order valence-electron chi connectivity index (χ1n) is 9.62. The van der Waals surface area contributed by atoms with Gasteiger partial charge in [0.05, 0.1) is 7.11 Å². The Kier molecular flexibility index (Phi) is 8.33. The molecule has 0 saturated heterocycles. The standard InChI is InChI=1S/C22H31N5O2/c1-16(2)25-22(28)26-19-10-6-17(7-11-19)14-24-21(23-3)27(4)15-18-8-12-20(29-5)13-9-18/h6-13,16H,14-15H2,1-5H3,(H,23,24)(H2,25,26,28). The summed E-state index contributed by atoms with van der Waals surface area (Å²) >= 11 is 0. The van der Waals surface area contributed by atoms with Crippen molar-refractivity contribution in [2.24, 2.45) is 4.99 Å². The fraction of sp³-hybridized carbons (Fsp3) is 0.364. The number of nitrogens with one attached hydrogen (secondary N) is 3. The second-order valence-corrected chi connectivity index (χ2v) is 7.05. The van der Waals surface area contributed by atoms with Gasteiger partial charge in [-0.1, -0.05) is 24.3 Å². The van der Waals surface area contributed by atoms with Gasteiger partial charge < -0.3 is 25.6 Å². The number of nitrogens with zero attached hydrogens (tertiary/aromatic N) is 2.